The maximum absolute atomic E-state index is 13.4. The van der Waals surface area contributed by atoms with Crippen molar-refractivity contribution in [3.8, 4) is 11.5 Å². The van der Waals surface area contributed by atoms with Gasteiger partial charge in [0.1, 0.15) is 11.3 Å². The van der Waals surface area contributed by atoms with Gasteiger partial charge in [-0.3, -0.25) is 4.79 Å². The van der Waals surface area contributed by atoms with Crippen LogP contribution < -0.4 is 9.47 Å². The van der Waals surface area contributed by atoms with Crippen molar-refractivity contribution in [2.45, 2.75) is 0 Å². The van der Waals surface area contributed by atoms with E-state index >= 15 is 0 Å². The first-order valence-electron chi connectivity index (χ1n) is 3.76. The molecule has 2 rings (SSSR count). The molecule has 1 aliphatic heterocycles. The van der Waals surface area contributed by atoms with E-state index in [0.717, 1.165) is 0 Å². The molecule has 0 radical (unpaired) electrons. The van der Waals surface area contributed by atoms with Crippen molar-refractivity contribution >= 4 is 5.78 Å². The Hall–Kier alpha value is -1.58. The molecule has 0 unspecified atom stereocenters. The van der Waals surface area contributed by atoms with Gasteiger partial charge in [-0.05, 0) is 12.1 Å². The van der Waals surface area contributed by atoms with Crippen molar-refractivity contribution in [2.24, 2.45) is 0 Å². The van der Waals surface area contributed by atoms with Crippen LogP contribution in [0.2, 0.25) is 0 Å². The second-order valence-corrected chi connectivity index (χ2v) is 2.67. The smallest absolute Gasteiger partial charge is 0.207 e. The van der Waals surface area contributed by atoms with Gasteiger partial charge in [0.25, 0.3) is 0 Å². The number of ketones is 1. The fourth-order valence-electron chi connectivity index (χ4n) is 1.29. The molecule has 4 heteroatoms. The lowest BCUT2D eigenvalue weighted by Gasteiger charge is -2.03. The Morgan fingerprint density at radius 2 is 2.31 bits per heavy atom. The summed E-state index contributed by atoms with van der Waals surface area (Å²) in [6.07, 6.45) is 0. The molecule has 0 bridgehead atoms. The first-order valence-corrected chi connectivity index (χ1v) is 3.76. The molecule has 0 aliphatic carbocycles. The molecular weight excluding hydrogens is 175 g/mol. The minimum absolute atomic E-state index is 0.000602. The molecule has 68 valence electrons. The minimum Gasteiger partial charge on any atom is -0.494 e. The van der Waals surface area contributed by atoms with Gasteiger partial charge in [-0.15, -0.1) is 0 Å². The summed E-state index contributed by atoms with van der Waals surface area (Å²) in [7, 11) is 1.35. The number of hydrogen-bond donors (Lipinski definition) is 0. The molecule has 1 aliphatic rings. The van der Waals surface area contributed by atoms with Crippen molar-refractivity contribution < 1.29 is 18.7 Å². The molecule has 0 saturated carbocycles. The Bertz CT molecular complexity index is 373. The number of methoxy groups -OCH3 is 1. The van der Waals surface area contributed by atoms with E-state index in [1.165, 1.54) is 19.2 Å². The van der Waals surface area contributed by atoms with Gasteiger partial charge in [0.2, 0.25) is 5.78 Å². The molecule has 1 heterocycles. The molecule has 0 atom stereocenters. The summed E-state index contributed by atoms with van der Waals surface area (Å²) in [4.78, 5) is 11.1. The van der Waals surface area contributed by atoms with E-state index in [4.69, 9.17) is 9.47 Å². The second-order valence-electron chi connectivity index (χ2n) is 2.67. The number of rotatable bonds is 1. The lowest BCUT2D eigenvalue weighted by Crippen LogP contribution is -2.01. The molecule has 0 spiro atoms. The van der Waals surface area contributed by atoms with Gasteiger partial charge in [0.15, 0.2) is 18.2 Å². The Balaban J connectivity index is 2.63. The van der Waals surface area contributed by atoms with Gasteiger partial charge in [-0.25, -0.2) is 4.39 Å². The summed E-state index contributed by atoms with van der Waals surface area (Å²) in [6, 6.07) is 2.97. The second kappa shape index (κ2) is 2.73. The zero-order valence-corrected chi connectivity index (χ0v) is 6.96. The summed E-state index contributed by atoms with van der Waals surface area (Å²) in [5, 5.41) is 0. The lowest BCUT2D eigenvalue weighted by molar-refractivity contribution is 0.0958. The molecule has 0 fully saturated rings. The molecule has 0 saturated heterocycles. The summed E-state index contributed by atoms with van der Waals surface area (Å²) in [6.45, 7) is -0.0839. The van der Waals surface area contributed by atoms with E-state index in [-0.39, 0.29) is 23.7 Å². The Morgan fingerprint density at radius 1 is 1.54 bits per heavy atom. The Morgan fingerprint density at radius 3 is 3.00 bits per heavy atom. The van der Waals surface area contributed by atoms with Crippen LogP contribution in [0.1, 0.15) is 10.4 Å². The van der Waals surface area contributed by atoms with Crippen molar-refractivity contribution in [2.75, 3.05) is 13.7 Å². The molecule has 1 aromatic rings. The number of fused-ring (bicyclic) bond motifs is 1. The number of carbonyl (C=O) groups excluding carboxylic acids is 1. The van der Waals surface area contributed by atoms with E-state index < -0.39 is 5.82 Å². The summed E-state index contributed by atoms with van der Waals surface area (Å²) < 4.78 is 23.1. The molecule has 1 aromatic carbocycles. The minimum atomic E-state index is -0.637. The van der Waals surface area contributed by atoms with Gasteiger partial charge < -0.3 is 9.47 Å². The van der Waals surface area contributed by atoms with Crippen LogP contribution in [0.25, 0.3) is 0 Å². The van der Waals surface area contributed by atoms with Crippen molar-refractivity contribution in [1.82, 2.24) is 0 Å². The third-order valence-corrected chi connectivity index (χ3v) is 1.93. The van der Waals surface area contributed by atoms with E-state index in [1.807, 2.05) is 0 Å². The Kier molecular flexibility index (Phi) is 1.69. The largest absolute Gasteiger partial charge is 0.494 e. The predicted octanol–water partition coefficient (Wildman–Crippen LogP) is 1.41. The van der Waals surface area contributed by atoms with E-state index in [0.29, 0.717) is 5.75 Å². The van der Waals surface area contributed by atoms with Crippen molar-refractivity contribution in [3.63, 3.8) is 0 Å². The van der Waals surface area contributed by atoms with E-state index in [1.54, 1.807) is 0 Å². The number of carbonyl (C=O) groups is 1. The fourth-order valence-corrected chi connectivity index (χ4v) is 1.29. The third kappa shape index (κ3) is 1.06. The van der Waals surface area contributed by atoms with Crippen LogP contribution in [0.5, 0.6) is 11.5 Å². The molecule has 0 amide bonds. The van der Waals surface area contributed by atoms with Crippen LogP contribution in [0.15, 0.2) is 12.1 Å². The van der Waals surface area contributed by atoms with Gasteiger partial charge in [-0.2, -0.15) is 0 Å². The van der Waals surface area contributed by atoms with E-state index in [9.17, 15) is 9.18 Å². The highest BCUT2D eigenvalue weighted by atomic mass is 19.1. The number of Topliss-reactive ketones (excluding diaryl/α,β-unsaturated/α-hetero) is 1. The van der Waals surface area contributed by atoms with Crippen LogP contribution in [-0.2, 0) is 0 Å². The summed E-state index contributed by atoms with van der Waals surface area (Å²) in [5.74, 6) is -0.616. The van der Waals surface area contributed by atoms with Crippen LogP contribution in [0.3, 0.4) is 0 Å². The Labute approximate surface area is 74.1 Å². The average molecular weight is 182 g/mol. The molecular formula is C9H7FO3. The molecule has 0 N–H and O–H groups in total. The number of ether oxygens (including phenoxy) is 2. The molecule has 0 aromatic heterocycles. The SMILES string of the molecule is COc1ccc2c(c1F)C(=O)CO2. The zero-order chi connectivity index (χ0) is 9.42. The number of halogens is 1. The van der Waals surface area contributed by atoms with Crippen LogP contribution >= 0.6 is 0 Å². The number of hydrogen-bond acceptors (Lipinski definition) is 3. The van der Waals surface area contributed by atoms with Crippen molar-refractivity contribution in [1.29, 1.82) is 0 Å². The van der Waals surface area contributed by atoms with Gasteiger partial charge in [0, 0.05) is 0 Å². The lowest BCUT2D eigenvalue weighted by atomic mass is 10.1. The van der Waals surface area contributed by atoms with E-state index in [2.05, 4.69) is 0 Å². The third-order valence-electron chi connectivity index (χ3n) is 1.93. The zero-order valence-electron chi connectivity index (χ0n) is 6.96. The van der Waals surface area contributed by atoms with Gasteiger partial charge in [-0.1, -0.05) is 0 Å². The monoisotopic (exact) mass is 182 g/mol. The van der Waals surface area contributed by atoms with Crippen molar-refractivity contribution in [3.05, 3.63) is 23.5 Å². The molecule has 3 nitrogen and oxygen atoms in total. The molecule has 13 heavy (non-hydrogen) atoms. The van der Waals surface area contributed by atoms with Gasteiger partial charge in [0.05, 0.1) is 7.11 Å². The van der Waals surface area contributed by atoms with Crippen LogP contribution in [-0.4, -0.2) is 19.5 Å². The maximum atomic E-state index is 13.4. The summed E-state index contributed by atoms with van der Waals surface area (Å²) in [5.41, 5.74) is -0.000602. The maximum Gasteiger partial charge on any atom is 0.207 e. The summed E-state index contributed by atoms with van der Waals surface area (Å²) >= 11 is 0. The number of benzene rings is 1. The first-order chi connectivity index (χ1) is 6.24. The van der Waals surface area contributed by atoms with Crippen LogP contribution in [0, 0.1) is 5.82 Å². The highest BCUT2D eigenvalue weighted by Gasteiger charge is 2.27. The average Bonchev–Trinajstić information content (AvgIpc) is 2.49. The standard InChI is InChI=1S/C9H7FO3/c1-12-7-3-2-6-8(9(7)10)5(11)4-13-6/h2-3H,4H2,1H3. The highest BCUT2D eigenvalue weighted by molar-refractivity contribution is 6.02. The first kappa shape index (κ1) is 8.04. The van der Waals surface area contributed by atoms with Gasteiger partial charge >= 0.3 is 0 Å². The quantitative estimate of drug-likeness (QED) is 0.658. The topological polar surface area (TPSA) is 35.5 Å². The normalized spacial score (nSPS) is 13.8. The predicted molar refractivity (Wildman–Crippen MR) is 42.8 cm³/mol. The fraction of sp³-hybridized carbons (Fsp3) is 0.222. The van der Waals surface area contributed by atoms with Crippen LogP contribution in [0.4, 0.5) is 4.39 Å². The highest BCUT2D eigenvalue weighted by Crippen LogP contribution is 2.32.